The fraction of sp³-hybridized carbons (Fsp3) is 0.714. The van der Waals surface area contributed by atoms with Crippen molar-refractivity contribution in [1.29, 1.82) is 0 Å². The smallest absolute Gasteiger partial charge is 0.224 e. The van der Waals surface area contributed by atoms with Crippen LogP contribution in [0.15, 0.2) is 0 Å². The van der Waals surface area contributed by atoms with Crippen LogP contribution in [0.3, 0.4) is 0 Å². The molecule has 0 amide bonds. The van der Waals surface area contributed by atoms with Gasteiger partial charge in [-0.15, -0.1) is 0 Å². The highest BCUT2D eigenvalue weighted by Crippen LogP contribution is 2.46. The van der Waals surface area contributed by atoms with Gasteiger partial charge >= 0.3 is 0 Å². The first kappa shape index (κ1) is 16.2. The Balaban J connectivity index is 1.84. The lowest BCUT2D eigenvalue weighted by Crippen LogP contribution is -2.27. The van der Waals surface area contributed by atoms with Crippen LogP contribution >= 0.6 is 23.2 Å². The number of nitrogens with zero attached hydrogens (tertiary/aromatic N) is 2. The lowest BCUT2D eigenvalue weighted by molar-refractivity contribution is -0.162. The maximum Gasteiger partial charge on any atom is 0.224 e. The highest BCUT2D eigenvalue weighted by molar-refractivity contribution is 6.33. The maximum absolute atomic E-state index is 9.58. The number of rotatable bonds is 3. The van der Waals surface area contributed by atoms with E-state index in [0.717, 1.165) is 6.42 Å². The van der Waals surface area contributed by atoms with Gasteiger partial charge in [0.15, 0.2) is 10.9 Å². The van der Waals surface area contributed by atoms with Crippen LogP contribution in [0.5, 0.6) is 0 Å². The summed E-state index contributed by atoms with van der Waals surface area (Å²) in [6.45, 7) is 3.82. The monoisotopic (exact) mass is 347 g/mol. The van der Waals surface area contributed by atoms with Gasteiger partial charge in [-0.25, -0.2) is 9.97 Å². The van der Waals surface area contributed by atoms with Crippen molar-refractivity contribution in [2.45, 2.75) is 44.7 Å². The predicted molar refractivity (Wildman–Crippen MR) is 82.7 cm³/mol. The number of ether oxygens (including phenoxy) is 2. The van der Waals surface area contributed by atoms with Crippen molar-refractivity contribution in [3.05, 3.63) is 16.1 Å². The highest BCUT2D eigenvalue weighted by atomic mass is 35.5. The number of hydrogen-bond donors (Lipinski definition) is 2. The van der Waals surface area contributed by atoms with E-state index in [4.69, 9.17) is 38.4 Å². The van der Waals surface area contributed by atoms with Gasteiger partial charge in [0.2, 0.25) is 5.28 Å². The van der Waals surface area contributed by atoms with Crippen molar-refractivity contribution in [3.63, 3.8) is 0 Å². The molecule has 0 unspecified atom stereocenters. The van der Waals surface area contributed by atoms with Crippen LogP contribution in [0, 0.1) is 11.8 Å². The van der Waals surface area contributed by atoms with Gasteiger partial charge in [0, 0.05) is 12.5 Å². The number of fused-ring (bicyclic) bond motifs is 1. The molecule has 1 aromatic rings. The summed E-state index contributed by atoms with van der Waals surface area (Å²) in [5.41, 5.74) is 6.90. The Morgan fingerprint density at radius 1 is 1.23 bits per heavy atom. The van der Waals surface area contributed by atoms with Crippen molar-refractivity contribution in [1.82, 2.24) is 9.97 Å². The summed E-state index contributed by atoms with van der Waals surface area (Å²) in [7, 11) is 0. The molecule has 3 rings (SSSR count). The number of aliphatic hydroxyl groups excluding tert-OH is 1. The second-order valence-electron chi connectivity index (χ2n) is 6.35. The van der Waals surface area contributed by atoms with E-state index in [1.165, 1.54) is 0 Å². The lowest BCUT2D eigenvalue weighted by atomic mass is 9.97. The normalized spacial score (nSPS) is 33.1. The molecular weight excluding hydrogens is 329 g/mol. The van der Waals surface area contributed by atoms with Crippen LogP contribution in [-0.2, 0) is 15.9 Å². The Kier molecular flexibility index (Phi) is 4.24. The largest absolute Gasteiger partial charge is 0.396 e. The zero-order chi connectivity index (χ0) is 16.1. The van der Waals surface area contributed by atoms with Crippen LogP contribution in [0.4, 0.5) is 5.69 Å². The van der Waals surface area contributed by atoms with Crippen molar-refractivity contribution in [2.24, 2.45) is 11.8 Å². The number of anilines is 1. The molecule has 2 heterocycles. The molecule has 0 aromatic carbocycles. The third kappa shape index (κ3) is 2.90. The first-order chi connectivity index (χ1) is 10.3. The molecule has 8 heteroatoms. The summed E-state index contributed by atoms with van der Waals surface area (Å²) in [6.07, 6.45) is 1.13. The van der Waals surface area contributed by atoms with Gasteiger partial charge in [0.25, 0.3) is 0 Å². The molecule has 1 saturated carbocycles. The molecule has 1 saturated heterocycles. The Hall–Kier alpha value is -0.660. The van der Waals surface area contributed by atoms with E-state index in [1.54, 1.807) is 0 Å². The Labute approximate surface area is 138 Å². The van der Waals surface area contributed by atoms with Crippen molar-refractivity contribution < 1.29 is 14.6 Å². The minimum atomic E-state index is -0.645. The van der Waals surface area contributed by atoms with Crippen LogP contribution in [-0.4, -0.2) is 39.7 Å². The summed E-state index contributed by atoms with van der Waals surface area (Å²) in [5.74, 6) is -0.465. The van der Waals surface area contributed by atoms with Crippen molar-refractivity contribution in [3.8, 4) is 0 Å². The van der Waals surface area contributed by atoms with E-state index < -0.39 is 5.79 Å². The summed E-state index contributed by atoms with van der Waals surface area (Å²) in [6, 6.07) is 0. The van der Waals surface area contributed by atoms with E-state index in [0.29, 0.717) is 17.8 Å². The molecular formula is C14H19Cl2N3O3. The minimum Gasteiger partial charge on any atom is -0.396 e. The molecule has 0 spiro atoms. The van der Waals surface area contributed by atoms with Gasteiger partial charge in [0.1, 0.15) is 0 Å². The fourth-order valence-electron chi connectivity index (χ4n) is 3.44. The predicted octanol–water partition coefficient (Wildman–Crippen LogP) is 2.06. The first-order valence-corrected chi connectivity index (χ1v) is 8.00. The average molecular weight is 348 g/mol. The van der Waals surface area contributed by atoms with Gasteiger partial charge < -0.3 is 20.3 Å². The molecule has 0 bridgehead atoms. The molecule has 122 valence electrons. The molecule has 22 heavy (non-hydrogen) atoms. The van der Waals surface area contributed by atoms with Gasteiger partial charge in [-0.2, -0.15) is 0 Å². The maximum atomic E-state index is 9.58. The van der Waals surface area contributed by atoms with Gasteiger partial charge in [-0.05, 0) is 44.2 Å². The SMILES string of the molecule is CC1(C)O[C@@H]2[C@@H](CO)C[C@@H](Cc3nc(Cl)nc(Cl)c3N)[C@@H]2O1. The van der Waals surface area contributed by atoms with Crippen LogP contribution in [0.25, 0.3) is 0 Å². The topological polar surface area (TPSA) is 90.5 Å². The average Bonchev–Trinajstić information content (AvgIpc) is 2.89. The van der Waals surface area contributed by atoms with Crippen LogP contribution < -0.4 is 5.73 Å². The summed E-state index contributed by atoms with van der Waals surface area (Å²) < 4.78 is 11.9. The van der Waals surface area contributed by atoms with E-state index in [9.17, 15) is 5.11 Å². The molecule has 6 nitrogen and oxygen atoms in total. The van der Waals surface area contributed by atoms with Gasteiger partial charge in [-0.3, -0.25) is 0 Å². The number of halogens is 2. The van der Waals surface area contributed by atoms with E-state index >= 15 is 0 Å². The minimum absolute atomic E-state index is 0.0470. The Morgan fingerprint density at radius 3 is 2.50 bits per heavy atom. The van der Waals surface area contributed by atoms with Crippen molar-refractivity contribution >= 4 is 28.9 Å². The van der Waals surface area contributed by atoms with Crippen LogP contribution in [0.1, 0.15) is 26.0 Å². The zero-order valence-electron chi connectivity index (χ0n) is 12.4. The molecule has 1 aliphatic carbocycles. The van der Waals surface area contributed by atoms with E-state index in [2.05, 4.69) is 9.97 Å². The first-order valence-electron chi connectivity index (χ1n) is 7.24. The van der Waals surface area contributed by atoms with Crippen molar-refractivity contribution in [2.75, 3.05) is 12.3 Å². The van der Waals surface area contributed by atoms with Gasteiger partial charge in [-0.1, -0.05) is 11.6 Å². The Bertz CT molecular complexity index is 585. The van der Waals surface area contributed by atoms with Crippen LogP contribution in [0.2, 0.25) is 10.4 Å². The zero-order valence-corrected chi connectivity index (χ0v) is 13.9. The molecule has 1 aliphatic heterocycles. The fourth-order valence-corrected chi connectivity index (χ4v) is 3.86. The van der Waals surface area contributed by atoms with E-state index in [-0.39, 0.29) is 41.1 Å². The number of hydrogen-bond acceptors (Lipinski definition) is 6. The molecule has 4 atom stereocenters. The number of nitrogens with two attached hydrogens (primary N) is 1. The highest BCUT2D eigenvalue weighted by Gasteiger charge is 2.53. The molecule has 0 radical (unpaired) electrons. The molecule has 2 fully saturated rings. The molecule has 3 N–H and O–H groups in total. The second kappa shape index (κ2) is 5.76. The number of nitrogen functional groups attached to an aromatic ring is 1. The quantitative estimate of drug-likeness (QED) is 0.642. The lowest BCUT2D eigenvalue weighted by Gasteiger charge is -2.23. The van der Waals surface area contributed by atoms with Gasteiger partial charge in [0.05, 0.1) is 23.6 Å². The summed E-state index contributed by atoms with van der Waals surface area (Å²) in [4.78, 5) is 8.01. The Morgan fingerprint density at radius 2 is 1.86 bits per heavy atom. The molecule has 1 aromatic heterocycles. The third-order valence-corrected chi connectivity index (χ3v) is 4.80. The summed E-state index contributed by atoms with van der Waals surface area (Å²) >= 11 is 11.8. The van der Waals surface area contributed by atoms with E-state index in [1.807, 2.05) is 13.8 Å². The second-order valence-corrected chi connectivity index (χ2v) is 7.05. The third-order valence-electron chi connectivity index (χ3n) is 4.34. The standard InChI is InChI=1S/C14H19Cl2N3O3/c1-14(2)21-10-6(3-7(5-20)11(10)22-14)4-8-9(17)12(15)19-13(16)18-8/h6-7,10-11,20H,3-5,17H2,1-2H3/t6-,7+,10-,11+/m0/s1. The number of aliphatic hydroxyl groups is 1. The number of aromatic nitrogens is 2. The summed E-state index contributed by atoms with van der Waals surface area (Å²) in [5, 5.41) is 9.82. The molecule has 2 aliphatic rings.